The van der Waals surface area contributed by atoms with Crippen molar-refractivity contribution in [3.63, 3.8) is 0 Å². The minimum atomic E-state index is -0.576. The van der Waals surface area contributed by atoms with E-state index in [4.69, 9.17) is 4.99 Å². The number of fused-ring (bicyclic) bond motifs is 1. The first-order valence-corrected chi connectivity index (χ1v) is 10.6. The van der Waals surface area contributed by atoms with Crippen molar-refractivity contribution in [2.45, 2.75) is 63.2 Å². The van der Waals surface area contributed by atoms with Crippen LogP contribution in [-0.4, -0.2) is 58.7 Å². The number of guanidine groups is 1. The molecule has 132 valence electrons. The van der Waals surface area contributed by atoms with E-state index in [9.17, 15) is 5.11 Å². The summed E-state index contributed by atoms with van der Waals surface area (Å²) < 4.78 is 0. The summed E-state index contributed by atoms with van der Waals surface area (Å²) in [7, 11) is 0. The summed E-state index contributed by atoms with van der Waals surface area (Å²) in [5.74, 6) is 3.83. The summed E-state index contributed by atoms with van der Waals surface area (Å²) in [4.78, 5) is 7.30. The van der Waals surface area contributed by atoms with Gasteiger partial charge in [0.2, 0.25) is 0 Å². The van der Waals surface area contributed by atoms with Crippen molar-refractivity contribution in [1.29, 1.82) is 0 Å². The summed E-state index contributed by atoms with van der Waals surface area (Å²) in [6.45, 7) is 8.06. The van der Waals surface area contributed by atoms with E-state index in [0.717, 1.165) is 56.0 Å². The Morgan fingerprint density at radius 1 is 1.22 bits per heavy atom. The summed E-state index contributed by atoms with van der Waals surface area (Å²) >= 11 is 1.89. The second-order valence-electron chi connectivity index (χ2n) is 7.47. The first-order chi connectivity index (χ1) is 11.2. The molecule has 1 saturated heterocycles. The maximum atomic E-state index is 10.8. The van der Waals surface area contributed by atoms with Crippen molar-refractivity contribution < 1.29 is 5.11 Å². The number of nitrogens with one attached hydrogen (secondary N) is 1. The lowest BCUT2D eigenvalue weighted by atomic mass is 9.79. The second-order valence-corrected chi connectivity index (χ2v) is 8.95. The molecule has 0 aromatic heterocycles. The van der Waals surface area contributed by atoms with Gasteiger partial charge in [-0.05, 0) is 50.2 Å². The molecule has 0 spiro atoms. The Bertz CT molecular complexity index is 416. The molecule has 0 radical (unpaired) electrons. The minimum absolute atomic E-state index is 0.375. The highest BCUT2D eigenvalue weighted by Gasteiger charge is 2.45. The Morgan fingerprint density at radius 3 is 2.43 bits per heavy atom. The van der Waals surface area contributed by atoms with Crippen molar-refractivity contribution in [2.24, 2.45) is 16.8 Å². The Kier molecular flexibility index (Phi) is 5.78. The fourth-order valence-electron chi connectivity index (χ4n) is 4.43. The second kappa shape index (κ2) is 7.64. The van der Waals surface area contributed by atoms with Crippen LogP contribution in [0.15, 0.2) is 4.99 Å². The zero-order valence-electron chi connectivity index (χ0n) is 14.8. The van der Waals surface area contributed by atoms with Crippen LogP contribution in [0.25, 0.3) is 0 Å². The quantitative estimate of drug-likeness (QED) is 0.597. The van der Waals surface area contributed by atoms with Crippen LogP contribution in [0.1, 0.15) is 52.4 Å². The van der Waals surface area contributed by atoms with Crippen LogP contribution in [-0.2, 0) is 0 Å². The van der Waals surface area contributed by atoms with Gasteiger partial charge in [-0.25, -0.2) is 0 Å². The molecular formula is C18H33N3OS. The average molecular weight is 340 g/mol. The number of aliphatic hydroxyl groups is 1. The van der Waals surface area contributed by atoms with Gasteiger partial charge in [-0.1, -0.05) is 19.8 Å². The van der Waals surface area contributed by atoms with Crippen LogP contribution in [0.2, 0.25) is 0 Å². The fourth-order valence-corrected chi connectivity index (χ4v) is 5.62. The van der Waals surface area contributed by atoms with Gasteiger partial charge >= 0.3 is 0 Å². The maximum Gasteiger partial charge on any atom is 0.194 e. The van der Waals surface area contributed by atoms with Crippen molar-refractivity contribution in [2.75, 3.05) is 31.9 Å². The van der Waals surface area contributed by atoms with Crippen LogP contribution in [0.5, 0.6) is 0 Å². The van der Waals surface area contributed by atoms with Crippen LogP contribution in [0, 0.1) is 11.8 Å². The molecule has 3 rings (SSSR count). The molecule has 0 bridgehead atoms. The number of rotatable bonds is 5. The SMILES string of the molecule is CCNC(=NCC1(O)CCC1SCC)N1CC2CCCCC2C1. The van der Waals surface area contributed by atoms with E-state index in [1.807, 2.05) is 11.8 Å². The van der Waals surface area contributed by atoms with E-state index < -0.39 is 5.60 Å². The summed E-state index contributed by atoms with van der Waals surface area (Å²) in [5.41, 5.74) is -0.576. The van der Waals surface area contributed by atoms with Crippen molar-refractivity contribution in [1.82, 2.24) is 10.2 Å². The lowest BCUT2D eigenvalue weighted by Crippen LogP contribution is -2.53. The standard InChI is InChI=1S/C18H33N3OS/c1-3-19-17(20-13-18(22)10-9-16(18)23-4-2)21-11-14-7-5-6-8-15(14)12-21/h14-16,22H,3-13H2,1-2H3,(H,19,20). The molecule has 2 N–H and O–H groups in total. The van der Waals surface area contributed by atoms with Gasteiger partial charge in [0.25, 0.3) is 0 Å². The van der Waals surface area contributed by atoms with Crippen LogP contribution in [0.3, 0.4) is 0 Å². The molecular weight excluding hydrogens is 306 g/mol. The molecule has 4 unspecified atom stereocenters. The van der Waals surface area contributed by atoms with Crippen molar-refractivity contribution >= 4 is 17.7 Å². The Labute approximate surface area is 145 Å². The van der Waals surface area contributed by atoms with E-state index in [1.165, 1.54) is 25.7 Å². The van der Waals surface area contributed by atoms with Gasteiger partial charge in [0.05, 0.1) is 12.1 Å². The Hall–Kier alpha value is -0.420. The lowest BCUT2D eigenvalue weighted by Gasteiger charge is -2.44. The van der Waals surface area contributed by atoms with E-state index >= 15 is 0 Å². The molecule has 4 nitrogen and oxygen atoms in total. The summed E-state index contributed by atoms with van der Waals surface area (Å²) in [6.07, 6.45) is 7.61. The molecule has 2 saturated carbocycles. The zero-order chi connectivity index (χ0) is 16.3. The van der Waals surface area contributed by atoms with Gasteiger partial charge in [0.15, 0.2) is 5.96 Å². The molecule has 0 amide bonds. The molecule has 3 aliphatic rings. The topological polar surface area (TPSA) is 47.9 Å². The van der Waals surface area contributed by atoms with Crippen molar-refractivity contribution in [3.05, 3.63) is 0 Å². The molecule has 4 atom stereocenters. The highest BCUT2D eigenvalue weighted by molar-refractivity contribution is 8.00. The van der Waals surface area contributed by atoms with Crippen LogP contribution in [0.4, 0.5) is 0 Å². The molecule has 1 aliphatic heterocycles. The van der Waals surface area contributed by atoms with Crippen molar-refractivity contribution in [3.8, 4) is 0 Å². The summed E-state index contributed by atoms with van der Waals surface area (Å²) in [6, 6.07) is 0. The third kappa shape index (κ3) is 3.81. The van der Waals surface area contributed by atoms with Gasteiger partial charge < -0.3 is 15.3 Å². The van der Waals surface area contributed by atoms with E-state index in [0.29, 0.717) is 11.8 Å². The third-order valence-electron chi connectivity index (χ3n) is 5.92. The molecule has 1 heterocycles. The third-order valence-corrected chi connectivity index (χ3v) is 7.33. The molecule has 0 aromatic carbocycles. The highest BCUT2D eigenvalue weighted by Crippen LogP contribution is 2.41. The van der Waals surface area contributed by atoms with Crippen LogP contribution >= 0.6 is 11.8 Å². The van der Waals surface area contributed by atoms with Crippen LogP contribution < -0.4 is 5.32 Å². The number of aliphatic imine (C=N–C) groups is 1. The van der Waals surface area contributed by atoms with Gasteiger partial charge in [-0.3, -0.25) is 4.99 Å². The predicted molar refractivity (Wildman–Crippen MR) is 99.1 cm³/mol. The molecule has 3 fully saturated rings. The van der Waals surface area contributed by atoms with Gasteiger partial charge in [-0.2, -0.15) is 11.8 Å². The molecule has 0 aromatic rings. The molecule has 5 heteroatoms. The fraction of sp³-hybridized carbons (Fsp3) is 0.944. The molecule has 23 heavy (non-hydrogen) atoms. The number of hydrogen-bond donors (Lipinski definition) is 2. The zero-order valence-corrected chi connectivity index (χ0v) is 15.6. The number of likely N-dealkylation sites (tertiary alicyclic amines) is 1. The monoisotopic (exact) mass is 339 g/mol. The van der Waals surface area contributed by atoms with E-state index in [-0.39, 0.29) is 0 Å². The first-order valence-electron chi connectivity index (χ1n) is 9.53. The van der Waals surface area contributed by atoms with Gasteiger partial charge in [0, 0.05) is 24.9 Å². The first kappa shape index (κ1) is 17.4. The normalized spacial score (nSPS) is 37.4. The maximum absolute atomic E-state index is 10.8. The van der Waals surface area contributed by atoms with Gasteiger partial charge in [0.1, 0.15) is 0 Å². The lowest BCUT2D eigenvalue weighted by molar-refractivity contribution is -0.0156. The number of nitrogens with zero attached hydrogens (tertiary/aromatic N) is 2. The smallest absolute Gasteiger partial charge is 0.194 e. The Balaban J connectivity index is 1.62. The number of hydrogen-bond acceptors (Lipinski definition) is 3. The largest absolute Gasteiger partial charge is 0.387 e. The predicted octanol–water partition coefficient (Wildman–Crippen LogP) is 2.72. The number of thioether (sulfide) groups is 1. The van der Waals surface area contributed by atoms with E-state index in [2.05, 4.69) is 24.1 Å². The summed E-state index contributed by atoms with van der Waals surface area (Å²) in [5, 5.41) is 14.6. The average Bonchev–Trinajstić information content (AvgIpc) is 2.99. The highest BCUT2D eigenvalue weighted by atomic mass is 32.2. The minimum Gasteiger partial charge on any atom is -0.387 e. The molecule has 2 aliphatic carbocycles. The Morgan fingerprint density at radius 2 is 1.91 bits per heavy atom. The van der Waals surface area contributed by atoms with E-state index in [1.54, 1.807) is 0 Å². The van der Waals surface area contributed by atoms with Gasteiger partial charge in [-0.15, -0.1) is 0 Å².